The zero-order valence-electron chi connectivity index (χ0n) is 10.7. The molecule has 0 bridgehead atoms. The lowest BCUT2D eigenvalue weighted by atomic mass is 10.1. The van der Waals surface area contributed by atoms with Crippen molar-refractivity contribution < 1.29 is 4.39 Å². The third-order valence-corrected chi connectivity index (χ3v) is 4.08. The van der Waals surface area contributed by atoms with Gasteiger partial charge in [-0.05, 0) is 43.3 Å². The van der Waals surface area contributed by atoms with Crippen LogP contribution in [0.4, 0.5) is 10.1 Å². The molecule has 1 saturated carbocycles. The molecular formula is C14H18BrFN2S. The van der Waals surface area contributed by atoms with E-state index >= 15 is 0 Å². The van der Waals surface area contributed by atoms with Gasteiger partial charge in [0, 0.05) is 10.5 Å². The topological polar surface area (TPSA) is 24.1 Å². The fourth-order valence-electron chi connectivity index (χ4n) is 2.36. The van der Waals surface area contributed by atoms with Crippen molar-refractivity contribution in [1.29, 1.82) is 0 Å². The molecule has 104 valence electrons. The largest absolute Gasteiger partial charge is 0.360 e. The maximum Gasteiger partial charge on any atom is 0.171 e. The van der Waals surface area contributed by atoms with Gasteiger partial charge in [0.25, 0.3) is 0 Å². The fourth-order valence-corrected chi connectivity index (χ4v) is 2.97. The highest BCUT2D eigenvalue weighted by atomic mass is 79.9. The molecule has 1 aromatic rings. The van der Waals surface area contributed by atoms with Crippen molar-refractivity contribution in [2.24, 2.45) is 0 Å². The highest BCUT2D eigenvalue weighted by Gasteiger charge is 2.13. The summed E-state index contributed by atoms with van der Waals surface area (Å²) in [5, 5.41) is 6.73. The molecule has 0 aliphatic heterocycles. The molecule has 19 heavy (non-hydrogen) atoms. The van der Waals surface area contributed by atoms with Gasteiger partial charge in [-0.2, -0.15) is 0 Å². The molecule has 0 amide bonds. The van der Waals surface area contributed by atoms with Crippen LogP contribution < -0.4 is 10.6 Å². The van der Waals surface area contributed by atoms with Crippen LogP contribution in [-0.2, 0) is 0 Å². The lowest BCUT2D eigenvalue weighted by Crippen LogP contribution is -2.37. The molecule has 0 aromatic heterocycles. The summed E-state index contributed by atoms with van der Waals surface area (Å²) >= 11 is 8.49. The summed E-state index contributed by atoms with van der Waals surface area (Å²) in [7, 11) is 0. The summed E-state index contributed by atoms with van der Waals surface area (Å²) < 4.78 is 14.4. The van der Waals surface area contributed by atoms with E-state index in [1.165, 1.54) is 31.7 Å². The average molecular weight is 345 g/mol. The van der Waals surface area contributed by atoms with E-state index in [-0.39, 0.29) is 5.82 Å². The monoisotopic (exact) mass is 344 g/mol. The van der Waals surface area contributed by atoms with Crippen molar-refractivity contribution in [3.8, 4) is 0 Å². The van der Waals surface area contributed by atoms with Gasteiger partial charge in [-0.15, -0.1) is 0 Å². The van der Waals surface area contributed by atoms with Crippen LogP contribution in [0.3, 0.4) is 0 Å². The van der Waals surface area contributed by atoms with Crippen LogP contribution in [0.5, 0.6) is 0 Å². The maximum absolute atomic E-state index is 13.7. The molecular weight excluding hydrogens is 327 g/mol. The second-order valence-electron chi connectivity index (χ2n) is 4.91. The Morgan fingerprint density at radius 2 is 1.89 bits per heavy atom. The zero-order valence-corrected chi connectivity index (χ0v) is 13.1. The first-order valence-electron chi connectivity index (χ1n) is 6.68. The minimum absolute atomic E-state index is 0.306. The van der Waals surface area contributed by atoms with Crippen LogP contribution >= 0.6 is 28.1 Å². The molecule has 0 unspecified atom stereocenters. The van der Waals surface area contributed by atoms with E-state index in [1.807, 2.05) is 0 Å². The molecule has 1 aromatic carbocycles. The highest BCUT2D eigenvalue weighted by Crippen LogP contribution is 2.20. The van der Waals surface area contributed by atoms with Crippen LogP contribution in [-0.4, -0.2) is 11.2 Å². The molecule has 5 heteroatoms. The molecule has 0 radical (unpaired) electrons. The van der Waals surface area contributed by atoms with Crippen LogP contribution in [0.25, 0.3) is 0 Å². The number of hydrogen-bond acceptors (Lipinski definition) is 1. The van der Waals surface area contributed by atoms with Gasteiger partial charge in [0.2, 0.25) is 0 Å². The first kappa shape index (κ1) is 14.7. The molecule has 1 aliphatic rings. The molecule has 2 rings (SSSR count). The van der Waals surface area contributed by atoms with Gasteiger partial charge in [0.05, 0.1) is 5.69 Å². The number of anilines is 1. The third-order valence-electron chi connectivity index (χ3n) is 3.37. The molecule has 2 N–H and O–H groups in total. The standard InChI is InChI=1S/C14H18BrFN2S/c15-10-7-8-13(12(16)9-10)18-14(19)17-11-5-3-1-2-4-6-11/h7-9,11H,1-6H2,(H2,17,18,19). The fraction of sp³-hybridized carbons (Fsp3) is 0.500. The van der Waals surface area contributed by atoms with Gasteiger partial charge >= 0.3 is 0 Å². The van der Waals surface area contributed by atoms with E-state index in [0.717, 1.165) is 17.3 Å². The Balaban J connectivity index is 1.89. The minimum Gasteiger partial charge on any atom is -0.360 e. The number of benzene rings is 1. The lowest BCUT2D eigenvalue weighted by molar-refractivity contribution is 0.535. The Morgan fingerprint density at radius 3 is 2.53 bits per heavy atom. The van der Waals surface area contributed by atoms with E-state index in [0.29, 0.717) is 16.8 Å². The van der Waals surface area contributed by atoms with Crippen LogP contribution in [0.15, 0.2) is 22.7 Å². The van der Waals surface area contributed by atoms with Crippen molar-refractivity contribution >= 4 is 38.9 Å². The van der Waals surface area contributed by atoms with Crippen LogP contribution in [0, 0.1) is 5.82 Å². The van der Waals surface area contributed by atoms with Gasteiger partial charge in [0.1, 0.15) is 5.82 Å². The number of hydrogen-bond donors (Lipinski definition) is 2. The number of thiocarbonyl (C=S) groups is 1. The number of halogens is 2. The minimum atomic E-state index is -0.306. The summed E-state index contributed by atoms with van der Waals surface area (Å²) in [5.41, 5.74) is 0.411. The van der Waals surface area contributed by atoms with Crippen molar-refractivity contribution in [3.63, 3.8) is 0 Å². The Kier molecular flexibility index (Phi) is 5.58. The van der Waals surface area contributed by atoms with Gasteiger partial charge in [-0.3, -0.25) is 0 Å². The lowest BCUT2D eigenvalue weighted by Gasteiger charge is -2.19. The SMILES string of the molecule is Fc1cc(Br)ccc1NC(=S)NC1CCCCCC1. The average Bonchev–Trinajstić information content (AvgIpc) is 2.61. The van der Waals surface area contributed by atoms with Gasteiger partial charge < -0.3 is 10.6 Å². The van der Waals surface area contributed by atoms with E-state index < -0.39 is 0 Å². The smallest absolute Gasteiger partial charge is 0.171 e. The van der Waals surface area contributed by atoms with Gasteiger partial charge in [-0.25, -0.2) is 4.39 Å². The summed E-state index contributed by atoms with van der Waals surface area (Å²) in [6.45, 7) is 0. The van der Waals surface area contributed by atoms with Crippen molar-refractivity contribution in [2.45, 2.75) is 44.6 Å². The molecule has 0 atom stereocenters. The Morgan fingerprint density at radius 1 is 1.21 bits per heavy atom. The quantitative estimate of drug-likeness (QED) is 0.605. The predicted molar refractivity (Wildman–Crippen MR) is 84.9 cm³/mol. The Labute approximate surface area is 127 Å². The van der Waals surface area contributed by atoms with Crippen molar-refractivity contribution in [1.82, 2.24) is 5.32 Å². The van der Waals surface area contributed by atoms with Crippen LogP contribution in [0.1, 0.15) is 38.5 Å². The zero-order chi connectivity index (χ0) is 13.7. The number of nitrogens with one attached hydrogen (secondary N) is 2. The molecule has 0 saturated heterocycles. The molecule has 0 spiro atoms. The summed E-state index contributed by atoms with van der Waals surface area (Å²) in [4.78, 5) is 0. The summed E-state index contributed by atoms with van der Waals surface area (Å²) in [5.74, 6) is -0.306. The summed E-state index contributed by atoms with van der Waals surface area (Å²) in [6.07, 6.45) is 7.38. The van der Waals surface area contributed by atoms with Crippen LogP contribution in [0.2, 0.25) is 0 Å². The maximum atomic E-state index is 13.7. The Hall–Kier alpha value is -0.680. The molecule has 1 aliphatic carbocycles. The van der Waals surface area contributed by atoms with E-state index in [2.05, 4.69) is 26.6 Å². The molecule has 2 nitrogen and oxygen atoms in total. The van der Waals surface area contributed by atoms with Gasteiger partial charge in [0.15, 0.2) is 5.11 Å². The van der Waals surface area contributed by atoms with E-state index in [1.54, 1.807) is 12.1 Å². The first-order valence-corrected chi connectivity index (χ1v) is 7.88. The normalized spacial score (nSPS) is 16.7. The first-order chi connectivity index (χ1) is 9.15. The molecule has 1 fully saturated rings. The van der Waals surface area contributed by atoms with E-state index in [9.17, 15) is 4.39 Å². The highest BCUT2D eigenvalue weighted by molar-refractivity contribution is 9.10. The number of rotatable bonds is 2. The second-order valence-corrected chi connectivity index (χ2v) is 6.24. The Bertz CT molecular complexity index is 445. The third kappa shape index (κ3) is 4.73. The van der Waals surface area contributed by atoms with Crippen molar-refractivity contribution in [2.75, 3.05) is 5.32 Å². The van der Waals surface area contributed by atoms with Crippen molar-refractivity contribution in [3.05, 3.63) is 28.5 Å². The second kappa shape index (κ2) is 7.20. The van der Waals surface area contributed by atoms with Gasteiger partial charge in [-0.1, -0.05) is 41.6 Å². The van der Waals surface area contributed by atoms with E-state index in [4.69, 9.17) is 12.2 Å². The summed E-state index contributed by atoms with van der Waals surface area (Å²) in [6, 6.07) is 5.32. The molecule has 0 heterocycles. The predicted octanol–water partition coefficient (Wildman–Crippen LogP) is 4.60.